The molecule has 1 aliphatic heterocycles. The maximum Gasteiger partial charge on any atom is 0.313 e. The van der Waals surface area contributed by atoms with Crippen LogP contribution in [0, 0.1) is 0 Å². The van der Waals surface area contributed by atoms with E-state index in [1.165, 1.54) is 19.3 Å². The van der Waals surface area contributed by atoms with E-state index in [4.69, 9.17) is 0 Å². The monoisotopic (exact) mass is 303 g/mol. The molecule has 1 heterocycles. The number of rotatable bonds is 2. The Hall–Kier alpha value is -2.04. The lowest BCUT2D eigenvalue weighted by atomic mass is 10.1. The average Bonchev–Trinajstić information content (AvgIpc) is 2.47. The summed E-state index contributed by atoms with van der Waals surface area (Å²) in [4.78, 5) is 25.9. The Labute approximate surface area is 132 Å². The van der Waals surface area contributed by atoms with Gasteiger partial charge >= 0.3 is 11.8 Å². The molecule has 1 saturated heterocycles. The molecule has 22 heavy (non-hydrogen) atoms. The number of amides is 2. The van der Waals surface area contributed by atoms with Crippen molar-refractivity contribution >= 4 is 23.2 Å². The fourth-order valence-corrected chi connectivity index (χ4v) is 2.49. The van der Waals surface area contributed by atoms with Crippen molar-refractivity contribution in [1.82, 2.24) is 5.32 Å². The van der Waals surface area contributed by atoms with Crippen LogP contribution < -0.4 is 15.5 Å². The Bertz CT molecular complexity index is 526. The number of hydrogen-bond acceptors (Lipinski definition) is 3. The second kappa shape index (κ2) is 6.81. The zero-order chi connectivity index (χ0) is 16.2. The first-order chi connectivity index (χ1) is 10.3. The summed E-state index contributed by atoms with van der Waals surface area (Å²) in [6.45, 7) is 7.68. The van der Waals surface area contributed by atoms with Crippen molar-refractivity contribution in [2.45, 2.75) is 45.6 Å². The van der Waals surface area contributed by atoms with Crippen LogP contribution in [0.4, 0.5) is 11.4 Å². The maximum atomic E-state index is 11.8. The molecule has 2 N–H and O–H groups in total. The van der Waals surface area contributed by atoms with Crippen molar-refractivity contribution in [3.8, 4) is 0 Å². The highest BCUT2D eigenvalue weighted by Gasteiger charge is 2.20. The summed E-state index contributed by atoms with van der Waals surface area (Å²) < 4.78 is 0. The van der Waals surface area contributed by atoms with E-state index >= 15 is 0 Å². The van der Waals surface area contributed by atoms with Gasteiger partial charge in [-0.15, -0.1) is 0 Å². The van der Waals surface area contributed by atoms with Crippen LogP contribution >= 0.6 is 0 Å². The van der Waals surface area contributed by atoms with Gasteiger partial charge in [0.05, 0.1) is 0 Å². The van der Waals surface area contributed by atoms with Gasteiger partial charge in [0.15, 0.2) is 0 Å². The Morgan fingerprint density at radius 1 is 0.955 bits per heavy atom. The summed E-state index contributed by atoms with van der Waals surface area (Å²) in [6, 6.07) is 7.66. The van der Waals surface area contributed by atoms with Gasteiger partial charge in [0.1, 0.15) is 0 Å². The van der Waals surface area contributed by atoms with Crippen LogP contribution in [0.1, 0.15) is 40.0 Å². The highest BCUT2D eigenvalue weighted by atomic mass is 16.2. The fourth-order valence-electron chi connectivity index (χ4n) is 2.49. The Kier molecular flexibility index (Phi) is 5.06. The average molecular weight is 303 g/mol. The molecule has 1 aliphatic rings. The van der Waals surface area contributed by atoms with Gasteiger partial charge in [-0.25, -0.2) is 0 Å². The van der Waals surface area contributed by atoms with Crippen LogP contribution in [0.3, 0.4) is 0 Å². The first-order valence-electron chi connectivity index (χ1n) is 7.84. The summed E-state index contributed by atoms with van der Waals surface area (Å²) >= 11 is 0. The Balaban J connectivity index is 1.93. The second-order valence-corrected chi connectivity index (χ2v) is 6.75. The molecule has 1 aromatic carbocycles. The molecule has 0 bridgehead atoms. The van der Waals surface area contributed by atoms with Gasteiger partial charge in [0.2, 0.25) is 0 Å². The topological polar surface area (TPSA) is 61.4 Å². The molecule has 5 nitrogen and oxygen atoms in total. The number of piperidine rings is 1. The van der Waals surface area contributed by atoms with E-state index in [-0.39, 0.29) is 0 Å². The summed E-state index contributed by atoms with van der Waals surface area (Å²) in [5.74, 6) is -1.26. The van der Waals surface area contributed by atoms with Gasteiger partial charge < -0.3 is 15.5 Å². The quantitative estimate of drug-likeness (QED) is 0.825. The van der Waals surface area contributed by atoms with E-state index in [1.54, 1.807) is 0 Å². The minimum absolute atomic E-state index is 0.424. The molecular formula is C17H25N3O2. The third kappa shape index (κ3) is 4.76. The zero-order valence-corrected chi connectivity index (χ0v) is 13.6. The molecule has 0 spiro atoms. The van der Waals surface area contributed by atoms with Crippen LogP contribution in [0.25, 0.3) is 0 Å². The molecule has 0 aliphatic carbocycles. The number of nitrogens with one attached hydrogen (secondary N) is 2. The van der Waals surface area contributed by atoms with E-state index in [2.05, 4.69) is 15.5 Å². The van der Waals surface area contributed by atoms with Crippen molar-refractivity contribution in [1.29, 1.82) is 0 Å². The highest BCUT2D eigenvalue weighted by molar-refractivity contribution is 6.39. The van der Waals surface area contributed by atoms with Crippen molar-refractivity contribution in [3.05, 3.63) is 24.3 Å². The van der Waals surface area contributed by atoms with Crippen molar-refractivity contribution in [2.24, 2.45) is 0 Å². The van der Waals surface area contributed by atoms with Gasteiger partial charge in [-0.05, 0) is 64.3 Å². The summed E-state index contributed by atoms with van der Waals surface area (Å²) in [7, 11) is 0. The summed E-state index contributed by atoms with van der Waals surface area (Å²) in [5.41, 5.74) is 1.37. The van der Waals surface area contributed by atoms with Crippen molar-refractivity contribution in [3.63, 3.8) is 0 Å². The number of anilines is 2. The second-order valence-electron chi connectivity index (χ2n) is 6.75. The highest BCUT2D eigenvalue weighted by Crippen LogP contribution is 2.21. The van der Waals surface area contributed by atoms with Gasteiger partial charge in [-0.3, -0.25) is 9.59 Å². The molecule has 0 radical (unpaired) electrons. The lowest BCUT2D eigenvalue weighted by Gasteiger charge is -2.28. The third-order valence-corrected chi connectivity index (χ3v) is 3.54. The first-order valence-corrected chi connectivity index (χ1v) is 7.84. The molecule has 0 aromatic heterocycles. The Morgan fingerprint density at radius 3 is 2.09 bits per heavy atom. The summed E-state index contributed by atoms with van der Waals surface area (Å²) in [5, 5.41) is 5.27. The third-order valence-electron chi connectivity index (χ3n) is 3.54. The Morgan fingerprint density at radius 2 is 1.55 bits per heavy atom. The molecule has 2 amide bonds. The van der Waals surface area contributed by atoms with Crippen LogP contribution in [-0.4, -0.2) is 30.4 Å². The smallest absolute Gasteiger partial charge is 0.313 e. The number of nitrogens with zero attached hydrogens (tertiary/aromatic N) is 1. The maximum absolute atomic E-state index is 11.8. The van der Waals surface area contributed by atoms with Gasteiger partial charge in [0, 0.05) is 30.0 Å². The number of carbonyl (C=O) groups is 2. The normalized spacial score (nSPS) is 15.3. The fraction of sp³-hybridized carbons (Fsp3) is 0.529. The number of benzene rings is 1. The van der Waals surface area contributed by atoms with Crippen LogP contribution in [-0.2, 0) is 9.59 Å². The molecule has 5 heteroatoms. The predicted octanol–water partition coefficient (Wildman–Crippen LogP) is 2.53. The van der Waals surface area contributed by atoms with Gasteiger partial charge in [-0.2, -0.15) is 0 Å². The largest absolute Gasteiger partial charge is 0.372 e. The lowest BCUT2D eigenvalue weighted by molar-refractivity contribution is -0.137. The standard InChI is InChI=1S/C17H25N3O2/c1-17(2,3)19-16(22)15(21)18-13-7-9-14(10-8-13)20-11-5-4-6-12-20/h7-10H,4-6,11-12H2,1-3H3,(H,18,21)(H,19,22). The zero-order valence-electron chi connectivity index (χ0n) is 13.6. The first kappa shape index (κ1) is 16.3. The number of hydrogen-bond donors (Lipinski definition) is 2. The van der Waals surface area contributed by atoms with Crippen LogP contribution in [0.5, 0.6) is 0 Å². The van der Waals surface area contributed by atoms with Gasteiger partial charge in [-0.1, -0.05) is 0 Å². The minimum Gasteiger partial charge on any atom is -0.372 e. The van der Waals surface area contributed by atoms with E-state index in [0.29, 0.717) is 5.69 Å². The molecule has 1 fully saturated rings. The molecule has 120 valence electrons. The predicted molar refractivity (Wildman–Crippen MR) is 89.0 cm³/mol. The minimum atomic E-state index is -0.638. The van der Waals surface area contributed by atoms with Crippen LogP contribution in [0.15, 0.2) is 24.3 Å². The van der Waals surface area contributed by atoms with E-state index < -0.39 is 17.4 Å². The van der Waals surface area contributed by atoms with E-state index in [1.807, 2.05) is 45.0 Å². The molecule has 0 saturated carbocycles. The SMILES string of the molecule is CC(C)(C)NC(=O)C(=O)Nc1ccc(N2CCCCC2)cc1. The molecule has 1 aromatic rings. The molecule has 0 atom stereocenters. The summed E-state index contributed by atoms with van der Waals surface area (Å²) in [6.07, 6.45) is 3.75. The molecule has 0 unspecified atom stereocenters. The lowest BCUT2D eigenvalue weighted by Crippen LogP contribution is -2.46. The van der Waals surface area contributed by atoms with Crippen LogP contribution in [0.2, 0.25) is 0 Å². The molecule has 2 rings (SSSR count). The van der Waals surface area contributed by atoms with Crippen molar-refractivity contribution < 1.29 is 9.59 Å². The van der Waals surface area contributed by atoms with E-state index in [0.717, 1.165) is 18.8 Å². The van der Waals surface area contributed by atoms with Gasteiger partial charge in [0.25, 0.3) is 0 Å². The van der Waals surface area contributed by atoms with E-state index in [9.17, 15) is 9.59 Å². The van der Waals surface area contributed by atoms with Crippen molar-refractivity contribution in [2.75, 3.05) is 23.3 Å². The number of carbonyl (C=O) groups excluding carboxylic acids is 2. The molecular weight excluding hydrogens is 278 g/mol.